The maximum absolute atomic E-state index is 6.57. The van der Waals surface area contributed by atoms with E-state index in [2.05, 4.69) is 176 Å². The molecule has 0 fully saturated rings. The largest absolute Gasteiger partial charge is 0.456 e. The van der Waals surface area contributed by atoms with Crippen molar-refractivity contribution in [2.45, 2.75) is 19.3 Å². The van der Waals surface area contributed by atoms with Gasteiger partial charge in [-0.05, 0) is 100 Å². The van der Waals surface area contributed by atoms with Crippen LogP contribution in [0.1, 0.15) is 25.0 Å². The number of rotatable bonds is 3. The van der Waals surface area contributed by atoms with Crippen molar-refractivity contribution >= 4 is 97.2 Å². The maximum atomic E-state index is 6.57. The fraction of sp³-hybridized carbons (Fsp3) is 0.0526. The summed E-state index contributed by atoms with van der Waals surface area (Å²) in [6.45, 7) is 4.79. The molecule has 0 aliphatic heterocycles. The molecular weight excluding hydrogens is 763 g/mol. The van der Waals surface area contributed by atoms with E-state index in [1.807, 2.05) is 29.5 Å². The molecule has 9 aromatic carbocycles. The van der Waals surface area contributed by atoms with E-state index in [0.29, 0.717) is 0 Å². The highest BCUT2D eigenvalue weighted by Gasteiger charge is 2.37. The van der Waals surface area contributed by atoms with Crippen LogP contribution in [0.4, 0.5) is 0 Å². The van der Waals surface area contributed by atoms with Crippen molar-refractivity contribution in [3.63, 3.8) is 0 Å². The number of fused-ring (bicyclic) bond motifs is 16. The summed E-state index contributed by atoms with van der Waals surface area (Å²) < 4.78 is 18.0. The summed E-state index contributed by atoms with van der Waals surface area (Å²) in [6, 6.07) is 64.4. The lowest BCUT2D eigenvalue weighted by Gasteiger charge is -2.22. The Kier molecular flexibility index (Phi) is 6.51. The second kappa shape index (κ2) is 11.9. The van der Waals surface area contributed by atoms with Crippen molar-refractivity contribution in [1.82, 2.24) is 4.57 Å². The van der Waals surface area contributed by atoms with Crippen LogP contribution < -0.4 is 0 Å². The highest BCUT2D eigenvalue weighted by atomic mass is 32.1. The second-order valence-corrected chi connectivity index (χ2v) is 18.3. The van der Waals surface area contributed by atoms with Crippen molar-refractivity contribution in [3.8, 4) is 39.1 Å². The van der Waals surface area contributed by atoms with Crippen LogP contribution in [0, 0.1) is 0 Å². The lowest BCUT2D eigenvalue weighted by molar-refractivity contribution is 0.660. The second-order valence-electron chi connectivity index (χ2n) is 17.2. The lowest BCUT2D eigenvalue weighted by Crippen LogP contribution is -2.15. The number of hydrogen-bond acceptors (Lipinski definition) is 3. The van der Waals surface area contributed by atoms with Crippen LogP contribution in [0.25, 0.3) is 125 Å². The van der Waals surface area contributed by atoms with Gasteiger partial charge in [-0.2, -0.15) is 0 Å². The first-order chi connectivity index (χ1) is 30.0. The summed E-state index contributed by atoms with van der Waals surface area (Å²) in [5.41, 5.74) is 17.0. The van der Waals surface area contributed by atoms with Crippen LogP contribution in [0.2, 0.25) is 0 Å². The van der Waals surface area contributed by atoms with E-state index in [0.717, 1.165) is 60.6 Å². The molecule has 1 aliphatic carbocycles. The SMILES string of the molecule is CC1(C)c2cc(-n3c4ccc(-c5ccc6oc7ccccc7c6c5)cc4c4cc(-c5cccc6c5oc5ccccc56)ccc43)ccc2-c2c1ccc1c2sc2ccccc21. The van der Waals surface area contributed by atoms with Gasteiger partial charge < -0.3 is 13.4 Å². The standard InChI is InChI=1S/C57H35NO2S/c1-57(2)46-24-23-41-39-12-5-8-17-53(39)61-56(41)54(46)42-22-21-35(31-47(42)57)58-48-25-18-32(33-20-27-52-45(29-33)38-11-4-6-15-50(38)59-52)28-43(48)44-30-34(19-26-49(44)58)36-13-9-14-40-37-10-3-7-16-51(37)60-55(36)40/h3-31H,1-2H3. The number of benzene rings is 9. The van der Waals surface area contributed by atoms with Gasteiger partial charge in [0.25, 0.3) is 0 Å². The highest BCUT2D eigenvalue weighted by molar-refractivity contribution is 7.26. The summed E-state index contributed by atoms with van der Waals surface area (Å²) in [5.74, 6) is 0. The Morgan fingerprint density at radius 2 is 1.07 bits per heavy atom. The molecule has 286 valence electrons. The van der Waals surface area contributed by atoms with Gasteiger partial charge in [0.05, 0.1) is 11.0 Å². The molecule has 3 nitrogen and oxygen atoms in total. The normalized spacial score (nSPS) is 13.5. The van der Waals surface area contributed by atoms with Gasteiger partial charge >= 0.3 is 0 Å². The smallest absolute Gasteiger partial charge is 0.143 e. The molecule has 0 atom stereocenters. The first-order valence-electron chi connectivity index (χ1n) is 21.0. The summed E-state index contributed by atoms with van der Waals surface area (Å²) in [7, 11) is 0. The van der Waals surface area contributed by atoms with Crippen molar-refractivity contribution < 1.29 is 8.83 Å². The minimum atomic E-state index is -0.161. The van der Waals surface area contributed by atoms with Crippen LogP contribution in [0.3, 0.4) is 0 Å². The molecular formula is C57H35NO2S. The van der Waals surface area contributed by atoms with Gasteiger partial charge in [0.15, 0.2) is 0 Å². The van der Waals surface area contributed by atoms with Gasteiger partial charge in [0, 0.05) is 74.7 Å². The molecule has 14 rings (SSSR count). The zero-order chi connectivity index (χ0) is 40.1. The van der Waals surface area contributed by atoms with Gasteiger partial charge in [-0.1, -0.05) is 123 Å². The number of hydrogen-bond donors (Lipinski definition) is 0. The van der Waals surface area contributed by atoms with E-state index in [-0.39, 0.29) is 5.41 Å². The Morgan fingerprint density at radius 3 is 1.89 bits per heavy atom. The molecule has 0 amide bonds. The fourth-order valence-electron chi connectivity index (χ4n) is 10.7. The molecule has 0 spiro atoms. The van der Waals surface area contributed by atoms with Crippen LogP contribution in [-0.2, 0) is 5.41 Å². The Hall–Kier alpha value is -7.40. The van der Waals surface area contributed by atoms with Crippen molar-refractivity contribution in [3.05, 3.63) is 187 Å². The number of aromatic nitrogens is 1. The quantitative estimate of drug-likeness (QED) is 0.178. The molecule has 0 radical (unpaired) electrons. The van der Waals surface area contributed by atoms with Gasteiger partial charge in [-0.3, -0.25) is 0 Å². The van der Waals surface area contributed by atoms with E-state index in [4.69, 9.17) is 8.83 Å². The van der Waals surface area contributed by atoms with Crippen molar-refractivity contribution in [2.24, 2.45) is 0 Å². The Bertz CT molecular complexity index is 4040. The first-order valence-corrected chi connectivity index (χ1v) is 21.8. The number of furan rings is 2. The van der Waals surface area contributed by atoms with Crippen LogP contribution in [-0.4, -0.2) is 4.57 Å². The van der Waals surface area contributed by atoms with E-state index < -0.39 is 0 Å². The zero-order valence-corrected chi connectivity index (χ0v) is 34.2. The Balaban J connectivity index is 0.999. The average molecular weight is 798 g/mol. The molecule has 0 saturated heterocycles. The molecule has 4 heteroatoms. The van der Waals surface area contributed by atoms with Crippen molar-refractivity contribution in [1.29, 1.82) is 0 Å². The molecule has 0 unspecified atom stereocenters. The minimum absolute atomic E-state index is 0.161. The van der Waals surface area contributed by atoms with E-state index in [1.165, 1.54) is 75.5 Å². The summed E-state index contributed by atoms with van der Waals surface area (Å²) >= 11 is 1.92. The molecule has 0 N–H and O–H groups in total. The average Bonchev–Trinajstić information content (AvgIpc) is 4.10. The topological polar surface area (TPSA) is 31.2 Å². The van der Waals surface area contributed by atoms with E-state index in [1.54, 1.807) is 0 Å². The van der Waals surface area contributed by atoms with Crippen LogP contribution in [0.15, 0.2) is 185 Å². The molecule has 1 aliphatic rings. The molecule has 4 heterocycles. The van der Waals surface area contributed by atoms with Gasteiger partial charge in [0.1, 0.15) is 22.3 Å². The zero-order valence-electron chi connectivity index (χ0n) is 33.4. The van der Waals surface area contributed by atoms with E-state index in [9.17, 15) is 0 Å². The number of thiophene rings is 1. The number of nitrogens with zero attached hydrogens (tertiary/aromatic N) is 1. The van der Waals surface area contributed by atoms with Crippen LogP contribution in [0.5, 0.6) is 0 Å². The molecule has 0 bridgehead atoms. The third-order valence-corrected chi connectivity index (χ3v) is 14.8. The number of para-hydroxylation sites is 3. The maximum Gasteiger partial charge on any atom is 0.143 e. The predicted molar refractivity (Wildman–Crippen MR) is 257 cm³/mol. The highest BCUT2D eigenvalue weighted by Crippen LogP contribution is 2.54. The third kappa shape index (κ3) is 4.52. The Morgan fingerprint density at radius 1 is 0.426 bits per heavy atom. The third-order valence-electron chi connectivity index (χ3n) is 13.6. The van der Waals surface area contributed by atoms with Gasteiger partial charge in [-0.15, -0.1) is 11.3 Å². The molecule has 0 saturated carbocycles. The Labute approximate surface area is 354 Å². The van der Waals surface area contributed by atoms with Crippen molar-refractivity contribution in [2.75, 3.05) is 0 Å². The first kappa shape index (κ1) is 33.4. The summed E-state index contributed by atoms with van der Waals surface area (Å²) in [6.07, 6.45) is 0. The molecule has 61 heavy (non-hydrogen) atoms. The minimum Gasteiger partial charge on any atom is -0.456 e. The molecule has 4 aromatic heterocycles. The van der Waals surface area contributed by atoms with Gasteiger partial charge in [0.2, 0.25) is 0 Å². The summed E-state index contributed by atoms with van der Waals surface area (Å²) in [5, 5.41) is 9.63. The monoisotopic (exact) mass is 797 g/mol. The van der Waals surface area contributed by atoms with Gasteiger partial charge in [-0.25, -0.2) is 0 Å². The summed E-state index contributed by atoms with van der Waals surface area (Å²) in [4.78, 5) is 0. The van der Waals surface area contributed by atoms with E-state index >= 15 is 0 Å². The van der Waals surface area contributed by atoms with Crippen LogP contribution >= 0.6 is 11.3 Å². The molecule has 13 aromatic rings. The fourth-order valence-corrected chi connectivity index (χ4v) is 11.9. The predicted octanol–water partition coefficient (Wildman–Crippen LogP) is 16.6. The lowest BCUT2D eigenvalue weighted by atomic mass is 9.82.